The lowest BCUT2D eigenvalue weighted by molar-refractivity contribution is 0.389. The minimum atomic E-state index is -0.0905. The summed E-state index contributed by atoms with van der Waals surface area (Å²) in [5.74, 6) is 0.938. The second-order valence-corrected chi connectivity index (χ2v) is 8.12. The molecular weight excluding hydrogens is 366 g/mol. The molecule has 144 valence electrons. The molecule has 2 heterocycles. The predicted molar refractivity (Wildman–Crippen MR) is 114 cm³/mol. The van der Waals surface area contributed by atoms with E-state index in [0.29, 0.717) is 23.0 Å². The molecule has 28 heavy (non-hydrogen) atoms. The van der Waals surface area contributed by atoms with Crippen molar-refractivity contribution >= 4 is 12.2 Å². The zero-order chi connectivity index (χ0) is 19.5. The summed E-state index contributed by atoms with van der Waals surface area (Å²) in [6, 6.07) is 16.7. The van der Waals surface area contributed by atoms with Crippen molar-refractivity contribution in [1.29, 1.82) is 0 Å². The molecule has 0 atom stereocenters. The predicted octanol–water partition coefficient (Wildman–Crippen LogP) is 5.17. The van der Waals surface area contributed by atoms with Gasteiger partial charge in [-0.15, -0.1) is 0 Å². The van der Waals surface area contributed by atoms with Crippen LogP contribution in [0.3, 0.4) is 0 Å². The third kappa shape index (κ3) is 4.14. The van der Waals surface area contributed by atoms with Crippen LogP contribution in [0, 0.1) is 11.7 Å². The standard InChI is InChI=1S/C23H25N3OS/c1-15-6-5-9-19(24-15)14-20-21(25-23(28)26-22(20)27)18-12-10-17(11-13-18)16-7-3-2-4-8-16/h2-9,17-18H,10-14H2,1H3,(H2,25,26,27,28)/t17-,18-. The molecule has 0 saturated heterocycles. The number of aryl methyl sites for hydroxylation is 1. The smallest absolute Gasteiger partial charge is 0.255 e. The van der Waals surface area contributed by atoms with Crippen molar-refractivity contribution < 1.29 is 0 Å². The van der Waals surface area contributed by atoms with E-state index in [-0.39, 0.29) is 5.56 Å². The zero-order valence-corrected chi connectivity index (χ0v) is 16.9. The van der Waals surface area contributed by atoms with Crippen molar-refractivity contribution in [2.45, 2.75) is 50.9 Å². The van der Waals surface area contributed by atoms with Crippen molar-refractivity contribution in [3.05, 3.63) is 91.9 Å². The Morgan fingerprint density at radius 3 is 2.39 bits per heavy atom. The van der Waals surface area contributed by atoms with Crippen LogP contribution in [-0.4, -0.2) is 15.0 Å². The number of aromatic nitrogens is 3. The molecule has 4 rings (SSSR count). The highest BCUT2D eigenvalue weighted by molar-refractivity contribution is 7.71. The number of nitrogens with zero attached hydrogens (tertiary/aromatic N) is 1. The lowest BCUT2D eigenvalue weighted by Gasteiger charge is -2.29. The Kier molecular flexibility index (Phi) is 5.53. The number of rotatable bonds is 4. The quantitative estimate of drug-likeness (QED) is 0.603. The van der Waals surface area contributed by atoms with Crippen molar-refractivity contribution in [3.8, 4) is 0 Å². The molecular formula is C23H25N3OS. The van der Waals surface area contributed by atoms with E-state index < -0.39 is 0 Å². The maximum atomic E-state index is 12.7. The fourth-order valence-corrected chi connectivity index (χ4v) is 4.58. The first kappa shape index (κ1) is 18.8. The van der Waals surface area contributed by atoms with E-state index in [9.17, 15) is 4.79 Å². The van der Waals surface area contributed by atoms with Gasteiger partial charge >= 0.3 is 0 Å². The molecule has 0 spiro atoms. The van der Waals surface area contributed by atoms with Crippen molar-refractivity contribution in [1.82, 2.24) is 15.0 Å². The Bertz CT molecular complexity index is 1060. The summed E-state index contributed by atoms with van der Waals surface area (Å²) < 4.78 is 0.408. The Labute approximate surface area is 170 Å². The van der Waals surface area contributed by atoms with E-state index in [4.69, 9.17) is 12.2 Å². The van der Waals surface area contributed by atoms with E-state index in [1.807, 2.05) is 25.1 Å². The molecule has 1 fully saturated rings. The summed E-state index contributed by atoms with van der Waals surface area (Å²) in [6.07, 6.45) is 4.90. The zero-order valence-electron chi connectivity index (χ0n) is 16.1. The van der Waals surface area contributed by atoms with Gasteiger partial charge in [0.05, 0.1) is 0 Å². The molecule has 1 aliphatic rings. The van der Waals surface area contributed by atoms with Crippen LogP contribution in [0.1, 0.15) is 65.7 Å². The fourth-order valence-electron chi connectivity index (χ4n) is 4.37. The van der Waals surface area contributed by atoms with E-state index >= 15 is 0 Å². The second-order valence-electron chi connectivity index (χ2n) is 7.71. The van der Waals surface area contributed by atoms with Gasteiger partial charge in [0, 0.05) is 29.1 Å². The first-order chi connectivity index (χ1) is 13.6. The normalized spacial score (nSPS) is 19.5. The molecule has 2 N–H and O–H groups in total. The summed E-state index contributed by atoms with van der Waals surface area (Å²) in [6.45, 7) is 1.97. The molecule has 1 saturated carbocycles. The van der Waals surface area contributed by atoms with E-state index in [1.54, 1.807) is 0 Å². The van der Waals surface area contributed by atoms with Gasteiger partial charge < -0.3 is 4.98 Å². The van der Waals surface area contributed by atoms with Crippen LogP contribution in [-0.2, 0) is 6.42 Å². The van der Waals surface area contributed by atoms with Gasteiger partial charge in [0.2, 0.25) is 0 Å². The number of aromatic amines is 2. The molecule has 1 aliphatic carbocycles. The van der Waals surface area contributed by atoms with Gasteiger partial charge in [-0.2, -0.15) is 0 Å². The Hall–Kier alpha value is -2.53. The van der Waals surface area contributed by atoms with Crippen molar-refractivity contribution in [2.24, 2.45) is 0 Å². The highest BCUT2D eigenvalue weighted by Gasteiger charge is 2.26. The molecule has 0 aliphatic heterocycles. The summed E-state index contributed by atoms with van der Waals surface area (Å²) >= 11 is 5.27. The number of hydrogen-bond acceptors (Lipinski definition) is 3. The molecule has 0 bridgehead atoms. The number of benzene rings is 1. The van der Waals surface area contributed by atoms with Gasteiger partial charge in [0.15, 0.2) is 4.77 Å². The highest BCUT2D eigenvalue weighted by atomic mass is 32.1. The van der Waals surface area contributed by atoms with Crippen molar-refractivity contribution in [2.75, 3.05) is 0 Å². The monoisotopic (exact) mass is 391 g/mol. The number of pyridine rings is 1. The largest absolute Gasteiger partial charge is 0.335 e. The van der Waals surface area contributed by atoms with Crippen LogP contribution < -0.4 is 5.56 Å². The average molecular weight is 392 g/mol. The average Bonchev–Trinajstić information content (AvgIpc) is 2.71. The molecule has 2 aromatic heterocycles. The molecule has 4 nitrogen and oxygen atoms in total. The molecule has 1 aromatic carbocycles. The minimum absolute atomic E-state index is 0.0905. The number of hydrogen-bond donors (Lipinski definition) is 2. The maximum absolute atomic E-state index is 12.7. The molecule has 0 amide bonds. The highest BCUT2D eigenvalue weighted by Crippen LogP contribution is 2.40. The van der Waals surface area contributed by atoms with Gasteiger partial charge in [-0.3, -0.25) is 14.8 Å². The molecule has 0 radical (unpaired) electrons. The fraction of sp³-hybridized carbons (Fsp3) is 0.348. The van der Waals surface area contributed by atoms with Crippen LogP contribution in [0.25, 0.3) is 0 Å². The Morgan fingerprint density at radius 2 is 1.68 bits per heavy atom. The summed E-state index contributed by atoms with van der Waals surface area (Å²) in [5.41, 5.74) is 4.98. The van der Waals surface area contributed by atoms with Crippen molar-refractivity contribution in [3.63, 3.8) is 0 Å². The lowest BCUT2D eigenvalue weighted by Crippen LogP contribution is -2.23. The van der Waals surface area contributed by atoms with Gasteiger partial charge in [-0.05, 0) is 74.4 Å². The molecule has 0 unspecified atom stereocenters. The van der Waals surface area contributed by atoms with Crippen LogP contribution in [0.15, 0.2) is 53.3 Å². The van der Waals surface area contributed by atoms with Crippen LogP contribution >= 0.6 is 12.2 Å². The number of nitrogens with one attached hydrogen (secondary N) is 2. The minimum Gasteiger partial charge on any atom is -0.335 e. The third-order valence-electron chi connectivity index (χ3n) is 5.78. The van der Waals surface area contributed by atoms with E-state index in [0.717, 1.165) is 48.3 Å². The van der Waals surface area contributed by atoms with E-state index in [2.05, 4.69) is 45.3 Å². The molecule has 5 heteroatoms. The summed E-state index contributed by atoms with van der Waals surface area (Å²) in [7, 11) is 0. The van der Waals surface area contributed by atoms with E-state index in [1.165, 1.54) is 5.56 Å². The molecule has 3 aromatic rings. The van der Waals surface area contributed by atoms with Crippen LogP contribution in [0.2, 0.25) is 0 Å². The second kappa shape index (κ2) is 8.23. The van der Waals surface area contributed by atoms with Gasteiger partial charge in [0.1, 0.15) is 0 Å². The maximum Gasteiger partial charge on any atom is 0.255 e. The third-order valence-corrected chi connectivity index (χ3v) is 5.99. The lowest BCUT2D eigenvalue weighted by atomic mass is 9.76. The summed E-state index contributed by atoms with van der Waals surface area (Å²) in [5, 5.41) is 0. The van der Waals surface area contributed by atoms with Gasteiger partial charge in [-0.1, -0.05) is 36.4 Å². The first-order valence-electron chi connectivity index (χ1n) is 9.93. The Morgan fingerprint density at radius 1 is 0.964 bits per heavy atom. The van der Waals surface area contributed by atoms with Gasteiger partial charge in [0.25, 0.3) is 5.56 Å². The summed E-state index contributed by atoms with van der Waals surface area (Å²) in [4.78, 5) is 23.4. The van der Waals surface area contributed by atoms with Crippen LogP contribution in [0.4, 0.5) is 0 Å². The topological polar surface area (TPSA) is 61.5 Å². The van der Waals surface area contributed by atoms with Gasteiger partial charge in [-0.25, -0.2) is 0 Å². The number of H-pyrrole nitrogens is 2. The SMILES string of the molecule is Cc1cccc(Cc2c(=O)[nH]c(=S)[nH]c2[C@H]2CC[C@H](c3ccccc3)CC2)n1. The Balaban J connectivity index is 1.59. The first-order valence-corrected chi connectivity index (χ1v) is 10.3. The van der Waals surface area contributed by atoms with Crippen LogP contribution in [0.5, 0.6) is 0 Å².